The van der Waals surface area contributed by atoms with E-state index in [0.29, 0.717) is 6.04 Å². The summed E-state index contributed by atoms with van der Waals surface area (Å²) in [6, 6.07) is 6.58. The summed E-state index contributed by atoms with van der Waals surface area (Å²) in [7, 11) is 4.12. The molecule has 178 valence electrons. The molecule has 2 amide bonds. The summed E-state index contributed by atoms with van der Waals surface area (Å²) in [6.45, 7) is 4.15. The molecule has 0 spiro atoms. The third-order valence-corrected chi connectivity index (χ3v) is 6.96. The van der Waals surface area contributed by atoms with E-state index in [1.54, 1.807) is 0 Å². The molecule has 0 bridgehead atoms. The van der Waals surface area contributed by atoms with Crippen LogP contribution in [-0.4, -0.2) is 42.2 Å². The van der Waals surface area contributed by atoms with Crippen LogP contribution in [0, 0.1) is 6.92 Å². The third-order valence-electron chi connectivity index (χ3n) is 6.96. The number of urea groups is 1. The molecule has 7 heteroatoms. The standard InChI is InChI=1S/C26H38N6O/c1-5-18-10-8-9-17(2)23(18)30-26(33)28-20-15-13-19(14-16-20)27-25-29-22-12-7-6-11-21(22)24(31-25)32(3)4/h8-10,19-20H,5-7,11-16H2,1-4H3,(H,27,29,31)(H2,28,30,33)/t19-,20+. The van der Waals surface area contributed by atoms with Gasteiger partial charge in [-0.25, -0.2) is 9.78 Å². The number of para-hydroxylation sites is 1. The van der Waals surface area contributed by atoms with Crippen molar-refractivity contribution >= 4 is 23.5 Å². The zero-order chi connectivity index (χ0) is 23.4. The molecular formula is C26H38N6O. The van der Waals surface area contributed by atoms with Crippen molar-refractivity contribution in [3.63, 3.8) is 0 Å². The Balaban J connectivity index is 1.32. The van der Waals surface area contributed by atoms with E-state index in [4.69, 9.17) is 9.97 Å². The van der Waals surface area contributed by atoms with Gasteiger partial charge in [0.25, 0.3) is 0 Å². The van der Waals surface area contributed by atoms with Crippen molar-refractivity contribution in [1.29, 1.82) is 0 Å². The molecule has 2 aliphatic carbocycles. The van der Waals surface area contributed by atoms with E-state index >= 15 is 0 Å². The van der Waals surface area contributed by atoms with Gasteiger partial charge in [-0.1, -0.05) is 25.1 Å². The number of anilines is 3. The van der Waals surface area contributed by atoms with E-state index in [1.165, 1.54) is 29.7 Å². The third kappa shape index (κ3) is 5.57. The van der Waals surface area contributed by atoms with Gasteiger partial charge < -0.3 is 20.9 Å². The van der Waals surface area contributed by atoms with Crippen LogP contribution in [0.15, 0.2) is 18.2 Å². The van der Waals surface area contributed by atoms with Crippen molar-refractivity contribution < 1.29 is 4.79 Å². The van der Waals surface area contributed by atoms with Gasteiger partial charge in [0.05, 0.1) is 5.69 Å². The summed E-state index contributed by atoms with van der Waals surface area (Å²) >= 11 is 0. The Kier molecular flexibility index (Phi) is 7.36. The van der Waals surface area contributed by atoms with Crippen molar-refractivity contribution in [2.75, 3.05) is 29.6 Å². The molecule has 0 radical (unpaired) electrons. The lowest BCUT2D eigenvalue weighted by Gasteiger charge is -2.30. The molecule has 3 N–H and O–H groups in total. The van der Waals surface area contributed by atoms with Crippen LogP contribution in [0.25, 0.3) is 0 Å². The Morgan fingerprint density at radius 2 is 1.79 bits per heavy atom. The van der Waals surface area contributed by atoms with Crippen LogP contribution in [0.2, 0.25) is 0 Å². The predicted molar refractivity (Wildman–Crippen MR) is 135 cm³/mol. The van der Waals surface area contributed by atoms with E-state index in [0.717, 1.165) is 68.0 Å². The number of fused-ring (bicyclic) bond motifs is 1. The number of carbonyl (C=O) groups is 1. The zero-order valence-electron chi connectivity index (χ0n) is 20.5. The first-order valence-electron chi connectivity index (χ1n) is 12.4. The second-order valence-corrected chi connectivity index (χ2v) is 9.65. The van der Waals surface area contributed by atoms with Gasteiger partial charge in [-0.2, -0.15) is 4.98 Å². The average Bonchev–Trinajstić information content (AvgIpc) is 2.81. The molecule has 0 saturated heterocycles. The minimum atomic E-state index is -0.107. The number of benzene rings is 1. The monoisotopic (exact) mass is 450 g/mol. The summed E-state index contributed by atoms with van der Waals surface area (Å²) < 4.78 is 0. The van der Waals surface area contributed by atoms with Gasteiger partial charge in [-0.15, -0.1) is 0 Å². The van der Waals surface area contributed by atoms with Crippen molar-refractivity contribution in [3.8, 4) is 0 Å². The molecule has 1 fully saturated rings. The Hall–Kier alpha value is -2.83. The van der Waals surface area contributed by atoms with Crippen LogP contribution in [0.1, 0.15) is 67.8 Å². The van der Waals surface area contributed by atoms with Crippen molar-refractivity contribution in [2.45, 2.75) is 83.7 Å². The molecular weight excluding hydrogens is 412 g/mol. The second kappa shape index (κ2) is 10.4. The normalized spacial score (nSPS) is 20.0. The number of amides is 2. The highest BCUT2D eigenvalue weighted by Gasteiger charge is 2.25. The number of hydrogen-bond donors (Lipinski definition) is 3. The van der Waals surface area contributed by atoms with Crippen molar-refractivity contribution in [3.05, 3.63) is 40.6 Å². The van der Waals surface area contributed by atoms with Gasteiger partial charge in [0.15, 0.2) is 0 Å². The molecule has 1 heterocycles. The number of nitrogens with one attached hydrogen (secondary N) is 3. The van der Waals surface area contributed by atoms with E-state index < -0.39 is 0 Å². The van der Waals surface area contributed by atoms with E-state index in [2.05, 4.69) is 47.9 Å². The van der Waals surface area contributed by atoms with Gasteiger partial charge in [-0.3, -0.25) is 0 Å². The number of rotatable bonds is 6. The zero-order valence-corrected chi connectivity index (χ0v) is 20.5. The minimum absolute atomic E-state index is 0.107. The van der Waals surface area contributed by atoms with Gasteiger partial charge in [0.2, 0.25) is 5.95 Å². The predicted octanol–water partition coefficient (Wildman–Crippen LogP) is 4.84. The lowest BCUT2D eigenvalue weighted by Crippen LogP contribution is -2.42. The molecule has 33 heavy (non-hydrogen) atoms. The topological polar surface area (TPSA) is 82.2 Å². The summed E-state index contributed by atoms with van der Waals surface area (Å²) in [5, 5.41) is 9.85. The molecule has 2 aromatic rings. The SMILES string of the molecule is CCc1cccc(C)c1NC(=O)N[C@H]1CC[C@@H](Nc2nc3c(c(N(C)C)n2)CCCC3)CC1. The first-order valence-corrected chi connectivity index (χ1v) is 12.4. The molecule has 0 aliphatic heterocycles. The molecule has 0 unspecified atom stereocenters. The van der Waals surface area contributed by atoms with Crippen LogP contribution in [0.4, 0.5) is 22.2 Å². The Labute approximate surface area is 197 Å². The summed E-state index contributed by atoms with van der Waals surface area (Å²) in [4.78, 5) is 24.5. The average molecular weight is 451 g/mol. The van der Waals surface area contributed by atoms with Gasteiger partial charge in [0, 0.05) is 37.4 Å². The first-order chi connectivity index (χ1) is 15.9. The fourth-order valence-electron chi connectivity index (χ4n) is 5.11. The maximum absolute atomic E-state index is 12.6. The molecule has 1 saturated carbocycles. The molecule has 1 aromatic heterocycles. The van der Waals surface area contributed by atoms with E-state index in [-0.39, 0.29) is 12.1 Å². The Morgan fingerprint density at radius 3 is 2.52 bits per heavy atom. The quantitative estimate of drug-likeness (QED) is 0.587. The van der Waals surface area contributed by atoms with Crippen molar-refractivity contribution in [2.24, 2.45) is 0 Å². The molecule has 0 atom stereocenters. The Bertz CT molecular complexity index is 981. The van der Waals surface area contributed by atoms with Crippen LogP contribution < -0.4 is 20.9 Å². The maximum atomic E-state index is 12.6. The number of aryl methyl sites for hydroxylation is 3. The highest BCUT2D eigenvalue weighted by molar-refractivity contribution is 5.91. The summed E-state index contributed by atoms with van der Waals surface area (Å²) in [5.74, 6) is 1.80. The second-order valence-electron chi connectivity index (χ2n) is 9.65. The minimum Gasteiger partial charge on any atom is -0.362 e. The van der Waals surface area contributed by atoms with E-state index in [1.807, 2.05) is 19.1 Å². The Morgan fingerprint density at radius 1 is 1.06 bits per heavy atom. The number of aromatic nitrogens is 2. The molecule has 4 rings (SSSR count). The van der Waals surface area contributed by atoms with Crippen LogP contribution >= 0.6 is 0 Å². The lowest BCUT2D eigenvalue weighted by atomic mass is 9.91. The summed E-state index contributed by atoms with van der Waals surface area (Å²) in [5.41, 5.74) is 5.72. The highest BCUT2D eigenvalue weighted by Crippen LogP contribution is 2.29. The number of hydrogen-bond acceptors (Lipinski definition) is 5. The largest absolute Gasteiger partial charge is 0.362 e. The fraction of sp³-hybridized carbons (Fsp3) is 0.577. The summed E-state index contributed by atoms with van der Waals surface area (Å²) in [6.07, 6.45) is 9.32. The highest BCUT2D eigenvalue weighted by atomic mass is 16.2. The van der Waals surface area contributed by atoms with Gasteiger partial charge in [-0.05, 0) is 75.8 Å². The molecule has 7 nitrogen and oxygen atoms in total. The number of carbonyl (C=O) groups excluding carboxylic acids is 1. The van der Waals surface area contributed by atoms with Crippen LogP contribution in [0.3, 0.4) is 0 Å². The first kappa shape index (κ1) is 23.3. The molecule has 2 aliphatic rings. The maximum Gasteiger partial charge on any atom is 0.319 e. The lowest BCUT2D eigenvalue weighted by molar-refractivity contribution is 0.243. The van der Waals surface area contributed by atoms with Gasteiger partial charge >= 0.3 is 6.03 Å². The van der Waals surface area contributed by atoms with Crippen LogP contribution in [0.5, 0.6) is 0 Å². The van der Waals surface area contributed by atoms with Crippen LogP contribution in [-0.2, 0) is 19.3 Å². The van der Waals surface area contributed by atoms with Crippen molar-refractivity contribution in [1.82, 2.24) is 15.3 Å². The fourth-order valence-corrected chi connectivity index (χ4v) is 5.11. The van der Waals surface area contributed by atoms with Gasteiger partial charge in [0.1, 0.15) is 5.82 Å². The molecule has 1 aromatic carbocycles. The van der Waals surface area contributed by atoms with E-state index in [9.17, 15) is 4.79 Å². The smallest absolute Gasteiger partial charge is 0.319 e. The number of nitrogens with zero attached hydrogens (tertiary/aromatic N) is 3.